The molecule has 0 amide bonds. The third-order valence-electron chi connectivity index (χ3n) is 3.62. The maximum Gasteiger partial charge on any atom is 0.323 e. The van der Waals surface area contributed by atoms with Crippen molar-refractivity contribution < 1.29 is 5.11 Å². The van der Waals surface area contributed by atoms with Crippen molar-refractivity contribution in [3.63, 3.8) is 0 Å². The van der Waals surface area contributed by atoms with E-state index < -0.39 is 5.60 Å². The number of fused-ring (bicyclic) bond motifs is 1. The molecule has 0 aliphatic rings. The van der Waals surface area contributed by atoms with Gasteiger partial charge in [0.15, 0.2) is 0 Å². The molecule has 0 aliphatic carbocycles. The van der Waals surface area contributed by atoms with Crippen LogP contribution < -0.4 is 11.0 Å². The summed E-state index contributed by atoms with van der Waals surface area (Å²) in [5, 5.41) is 13.5. The van der Waals surface area contributed by atoms with Crippen LogP contribution in [0.3, 0.4) is 0 Å². The minimum absolute atomic E-state index is 0.112. The summed E-state index contributed by atoms with van der Waals surface area (Å²) in [5.41, 5.74) is 1.82. The van der Waals surface area contributed by atoms with Gasteiger partial charge < -0.3 is 20.4 Å². The van der Waals surface area contributed by atoms with Crippen LogP contribution in [0.1, 0.15) is 45.2 Å². The number of hydrogen-bond donors (Lipinski definition) is 4. The average molecular weight is 277 g/mol. The van der Waals surface area contributed by atoms with Crippen molar-refractivity contribution in [3.8, 4) is 0 Å². The van der Waals surface area contributed by atoms with E-state index >= 15 is 0 Å². The van der Waals surface area contributed by atoms with Crippen molar-refractivity contribution in [1.29, 1.82) is 0 Å². The van der Waals surface area contributed by atoms with Crippen molar-refractivity contribution >= 4 is 11.0 Å². The third-order valence-corrected chi connectivity index (χ3v) is 3.62. The van der Waals surface area contributed by atoms with Crippen molar-refractivity contribution in [2.75, 3.05) is 6.54 Å². The first-order valence-corrected chi connectivity index (χ1v) is 7.09. The summed E-state index contributed by atoms with van der Waals surface area (Å²) in [7, 11) is 0. The highest BCUT2D eigenvalue weighted by Gasteiger charge is 2.20. The molecule has 1 aromatic carbocycles. The van der Waals surface area contributed by atoms with Gasteiger partial charge in [0.05, 0.1) is 16.6 Å². The van der Waals surface area contributed by atoms with Crippen LogP contribution in [0.15, 0.2) is 23.0 Å². The van der Waals surface area contributed by atoms with Crippen molar-refractivity contribution in [1.82, 2.24) is 15.3 Å². The number of nitrogens with one attached hydrogen (secondary N) is 3. The largest absolute Gasteiger partial charge is 0.389 e. The molecule has 5 nitrogen and oxygen atoms in total. The number of aromatic nitrogens is 2. The quantitative estimate of drug-likeness (QED) is 0.652. The summed E-state index contributed by atoms with van der Waals surface area (Å²) in [6, 6.07) is 5.95. The number of aromatic amines is 2. The SMILES string of the molecule is CCCC(C)(O)CNC(C)c1ccc2[nH]c(=O)[nH]c2c1. The Morgan fingerprint density at radius 1 is 1.35 bits per heavy atom. The van der Waals surface area contributed by atoms with Gasteiger partial charge in [-0.15, -0.1) is 0 Å². The maximum atomic E-state index is 11.2. The highest BCUT2D eigenvalue weighted by Crippen LogP contribution is 2.18. The lowest BCUT2D eigenvalue weighted by Gasteiger charge is -2.25. The molecule has 0 bridgehead atoms. The summed E-state index contributed by atoms with van der Waals surface area (Å²) < 4.78 is 0. The molecule has 0 saturated carbocycles. The lowest BCUT2D eigenvalue weighted by atomic mass is 9.99. The molecule has 0 saturated heterocycles. The first-order chi connectivity index (χ1) is 9.41. The van der Waals surface area contributed by atoms with Crippen molar-refractivity contribution in [2.24, 2.45) is 0 Å². The normalized spacial score (nSPS) is 16.2. The zero-order valence-electron chi connectivity index (χ0n) is 12.3. The van der Waals surface area contributed by atoms with E-state index in [1.54, 1.807) is 0 Å². The Labute approximate surface area is 118 Å². The van der Waals surface area contributed by atoms with Gasteiger partial charge in [-0.3, -0.25) is 0 Å². The molecule has 0 radical (unpaired) electrons. The van der Waals surface area contributed by atoms with E-state index in [9.17, 15) is 9.90 Å². The fourth-order valence-corrected chi connectivity index (χ4v) is 2.44. The minimum atomic E-state index is -0.685. The predicted molar refractivity (Wildman–Crippen MR) is 80.9 cm³/mol. The number of aliphatic hydroxyl groups is 1. The molecule has 0 aliphatic heterocycles. The molecule has 2 rings (SSSR count). The maximum absolute atomic E-state index is 11.2. The number of hydrogen-bond acceptors (Lipinski definition) is 3. The summed E-state index contributed by atoms with van der Waals surface area (Å²) >= 11 is 0. The van der Waals surface area contributed by atoms with Gasteiger partial charge in [-0.2, -0.15) is 0 Å². The number of benzene rings is 1. The highest BCUT2D eigenvalue weighted by molar-refractivity contribution is 5.75. The lowest BCUT2D eigenvalue weighted by molar-refractivity contribution is 0.0477. The topological polar surface area (TPSA) is 80.9 Å². The zero-order valence-corrected chi connectivity index (χ0v) is 12.3. The number of imidazole rings is 1. The first-order valence-electron chi connectivity index (χ1n) is 7.09. The second-order valence-electron chi connectivity index (χ2n) is 5.73. The van der Waals surface area contributed by atoms with E-state index in [4.69, 9.17) is 0 Å². The molecule has 0 spiro atoms. The van der Waals surface area contributed by atoms with Crippen molar-refractivity contribution in [3.05, 3.63) is 34.2 Å². The second-order valence-corrected chi connectivity index (χ2v) is 5.73. The Hall–Kier alpha value is -1.59. The summed E-state index contributed by atoms with van der Waals surface area (Å²) in [6.45, 7) is 6.51. The van der Waals surface area contributed by atoms with Crippen LogP contribution in [0.2, 0.25) is 0 Å². The van der Waals surface area contributed by atoms with Gasteiger partial charge in [0.2, 0.25) is 0 Å². The molecule has 2 atom stereocenters. The Kier molecular flexibility index (Phi) is 4.30. The fourth-order valence-electron chi connectivity index (χ4n) is 2.44. The first kappa shape index (κ1) is 14.8. The minimum Gasteiger partial charge on any atom is -0.389 e. The van der Waals surface area contributed by atoms with Gasteiger partial charge >= 0.3 is 5.69 Å². The molecule has 110 valence electrons. The van der Waals surface area contributed by atoms with Crippen LogP contribution in [0.4, 0.5) is 0 Å². The molecule has 0 fully saturated rings. The van der Waals surface area contributed by atoms with Crippen LogP contribution in [0, 0.1) is 0 Å². The van der Waals surface area contributed by atoms with E-state index in [1.807, 2.05) is 32.0 Å². The monoisotopic (exact) mass is 277 g/mol. The molecular weight excluding hydrogens is 254 g/mol. The zero-order chi connectivity index (χ0) is 14.8. The van der Waals surface area contributed by atoms with Crippen LogP contribution in [-0.2, 0) is 0 Å². The fraction of sp³-hybridized carbons (Fsp3) is 0.533. The summed E-state index contributed by atoms with van der Waals surface area (Å²) in [5.74, 6) is 0. The number of rotatable bonds is 6. The van der Waals surface area contributed by atoms with Crippen molar-refractivity contribution in [2.45, 2.75) is 45.3 Å². The van der Waals surface area contributed by atoms with E-state index in [0.717, 1.165) is 29.4 Å². The third kappa shape index (κ3) is 3.49. The van der Waals surface area contributed by atoms with Gasteiger partial charge in [0.25, 0.3) is 0 Å². The summed E-state index contributed by atoms with van der Waals surface area (Å²) in [6.07, 6.45) is 1.73. The van der Waals surface area contributed by atoms with Crippen LogP contribution in [0.5, 0.6) is 0 Å². The molecule has 20 heavy (non-hydrogen) atoms. The van der Waals surface area contributed by atoms with E-state index in [0.29, 0.717) is 6.54 Å². The van der Waals surface area contributed by atoms with Crippen LogP contribution >= 0.6 is 0 Å². The van der Waals surface area contributed by atoms with Gasteiger partial charge in [0, 0.05) is 12.6 Å². The average Bonchev–Trinajstić information content (AvgIpc) is 2.75. The van der Waals surface area contributed by atoms with Gasteiger partial charge in [0.1, 0.15) is 0 Å². The van der Waals surface area contributed by atoms with E-state index in [1.165, 1.54) is 0 Å². The Balaban J connectivity index is 2.07. The standard InChI is InChI=1S/C15H23N3O2/c1-4-7-15(3,20)9-16-10(2)11-5-6-12-13(8-11)18-14(19)17-12/h5-6,8,10,16,20H,4,7,9H2,1-3H3,(H2,17,18,19). The predicted octanol–water partition coefficient (Wildman–Crippen LogP) is 2.06. The Morgan fingerprint density at radius 3 is 2.75 bits per heavy atom. The Bertz CT molecular complexity index is 627. The lowest BCUT2D eigenvalue weighted by Crippen LogP contribution is -2.38. The van der Waals surface area contributed by atoms with Gasteiger partial charge in [-0.1, -0.05) is 19.4 Å². The van der Waals surface area contributed by atoms with Gasteiger partial charge in [-0.25, -0.2) is 4.79 Å². The Morgan fingerprint density at radius 2 is 2.05 bits per heavy atom. The summed E-state index contributed by atoms with van der Waals surface area (Å²) in [4.78, 5) is 16.7. The van der Waals surface area contributed by atoms with Crippen LogP contribution in [0.25, 0.3) is 11.0 Å². The smallest absolute Gasteiger partial charge is 0.323 e. The van der Waals surface area contributed by atoms with Gasteiger partial charge in [-0.05, 0) is 38.0 Å². The van der Waals surface area contributed by atoms with E-state index in [2.05, 4.69) is 22.2 Å². The second kappa shape index (κ2) is 5.81. The molecule has 2 unspecified atom stereocenters. The molecule has 5 heteroatoms. The highest BCUT2D eigenvalue weighted by atomic mass is 16.3. The van der Waals surface area contributed by atoms with Crippen LogP contribution in [-0.4, -0.2) is 27.2 Å². The molecule has 1 heterocycles. The molecule has 2 aromatic rings. The number of H-pyrrole nitrogens is 2. The molecular formula is C15H23N3O2. The molecule has 4 N–H and O–H groups in total. The molecule has 1 aromatic heterocycles. The van der Waals surface area contributed by atoms with E-state index in [-0.39, 0.29) is 11.7 Å².